The van der Waals surface area contributed by atoms with Crippen LogP contribution < -0.4 is 14.8 Å². The summed E-state index contributed by atoms with van der Waals surface area (Å²) in [5.41, 5.74) is 3.53. The van der Waals surface area contributed by atoms with Gasteiger partial charge in [-0.1, -0.05) is 19.9 Å². The number of carbonyl (C=O) groups excluding carboxylic acids is 1. The minimum absolute atomic E-state index is 0.106. The molecular formula is C26H29BrN2O4S. The molecule has 3 rings (SSSR count). The zero-order valence-corrected chi connectivity index (χ0v) is 22.1. The van der Waals surface area contributed by atoms with Crippen LogP contribution in [-0.4, -0.2) is 20.9 Å². The summed E-state index contributed by atoms with van der Waals surface area (Å²) in [6.45, 7) is 8.77. The lowest BCUT2D eigenvalue weighted by atomic mass is 10.1. The van der Waals surface area contributed by atoms with Gasteiger partial charge >= 0.3 is 0 Å². The van der Waals surface area contributed by atoms with Crippen LogP contribution in [0.2, 0.25) is 0 Å². The van der Waals surface area contributed by atoms with Crippen LogP contribution in [0.5, 0.6) is 5.75 Å². The predicted octanol–water partition coefficient (Wildman–Crippen LogP) is 6.54. The van der Waals surface area contributed by atoms with Crippen molar-refractivity contribution in [1.29, 1.82) is 0 Å². The van der Waals surface area contributed by atoms with Crippen LogP contribution in [0.25, 0.3) is 0 Å². The van der Waals surface area contributed by atoms with Crippen molar-refractivity contribution in [3.63, 3.8) is 0 Å². The number of ether oxygens (including phenoxy) is 1. The van der Waals surface area contributed by atoms with Gasteiger partial charge in [-0.05, 0) is 108 Å². The number of hydrogen-bond donors (Lipinski definition) is 2. The van der Waals surface area contributed by atoms with Gasteiger partial charge in [0.1, 0.15) is 5.75 Å². The molecule has 0 unspecified atom stereocenters. The molecule has 0 aliphatic rings. The number of anilines is 2. The van der Waals surface area contributed by atoms with Gasteiger partial charge < -0.3 is 10.1 Å². The maximum atomic E-state index is 12.7. The minimum Gasteiger partial charge on any atom is -0.492 e. The molecule has 1 amide bonds. The van der Waals surface area contributed by atoms with Crippen LogP contribution in [-0.2, 0) is 10.0 Å². The molecule has 0 saturated heterocycles. The van der Waals surface area contributed by atoms with Gasteiger partial charge in [0.2, 0.25) is 0 Å². The van der Waals surface area contributed by atoms with E-state index in [1.807, 2.05) is 19.9 Å². The number of carbonyl (C=O) groups is 1. The van der Waals surface area contributed by atoms with Crippen molar-refractivity contribution in [3.8, 4) is 5.75 Å². The van der Waals surface area contributed by atoms with Gasteiger partial charge in [-0.2, -0.15) is 0 Å². The molecule has 0 saturated carbocycles. The Balaban J connectivity index is 1.65. The van der Waals surface area contributed by atoms with E-state index in [9.17, 15) is 13.2 Å². The fourth-order valence-electron chi connectivity index (χ4n) is 3.10. The molecule has 3 aromatic carbocycles. The van der Waals surface area contributed by atoms with E-state index < -0.39 is 10.0 Å². The molecule has 0 bridgehead atoms. The Bertz CT molecular complexity index is 1270. The number of amides is 1. The topological polar surface area (TPSA) is 84.5 Å². The van der Waals surface area contributed by atoms with Crippen LogP contribution in [0, 0.1) is 19.8 Å². The van der Waals surface area contributed by atoms with Crippen molar-refractivity contribution in [2.75, 3.05) is 16.6 Å². The number of rotatable bonds is 9. The van der Waals surface area contributed by atoms with E-state index in [1.165, 1.54) is 12.1 Å². The molecule has 0 heterocycles. The standard InChI is InChI=1S/C26H29BrN2O4S/c1-17(2)13-14-33-25-12-6-20(16-24(25)27)26(30)28-21-8-10-23(11-9-21)34(31,32)29-22-7-5-18(3)19(4)15-22/h5-12,15-17,29H,13-14H2,1-4H3,(H,28,30). The molecule has 3 aromatic rings. The van der Waals surface area contributed by atoms with E-state index in [-0.39, 0.29) is 10.8 Å². The van der Waals surface area contributed by atoms with Gasteiger partial charge in [0.15, 0.2) is 0 Å². The van der Waals surface area contributed by atoms with Crippen LogP contribution in [0.1, 0.15) is 41.8 Å². The van der Waals surface area contributed by atoms with Gasteiger partial charge in [-0.15, -0.1) is 0 Å². The van der Waals surface area contributed by atoms with Gasteiger partial charge in [0.05, 0.1) is 16.0 Å². The Morgan fingerprint density at radius 1 is 0.941 bits per heavy atom. The highest BCUT2D eigenvalue weighted by atomic mass is 79.9. The summed E-state index contributed by atoms with van der Waals surface area (Å²) in [6, 6.07) is 16.6. The normalized spacial score (nSPS) is 11.4. The zero-order valence-electron chi connectivity index (χ0n) is 19.7. The third kappa shape index (κ3) is 6.84. The second kappa shape index (κ2) is 11.1. The molecule has 34 heavy (non-hydrogen) atoms. The summed E-state index contributed by atoms with van der Waals surface area (Å²) in [5, 5.41) is 2.79. The SMILES string of the molecule is Cc1ccc(NS(=O)(=O)c2ccc(NC(=O)c3ccc(OCCC(C)C)c(Br)c3)cc2)cc1C. The number of sulfonamides is 1. The molecule has 0 radical (unpaired) electrons. The lowest BCUT2D eigenvalue weighted by Crippen LogP contribution is -2.14. The van der Waals surface area contributed by atoms with Gasteiger partial charge in [0, 0.05) is 16.9 Å². The number of halogens is 1. The quantitative estimate of drug-likeness (QED) is 0.320. The smallest absolute Gasteiger partial charge is 0.261 e. The van der Waals surface area contributed by atoms with Crippen molar-refractivity contribution in [2.24, 2.45) is 5.92 Å². The molecule has 0 atom stereocenters. The second-order valence-electron chi connectivity index (χ2n) is 8.56. The van der Waals surface area contributed by atoms with E-state index >= 15 is 0 Å². The van der Waals surface area contributed by atoms with Crippen LogP contribution in [0.4, 0.5) is 11.4 Å². The monoisotopic (exact) mass is 544 g/mol. The van der Waals surface area contributed by atoms with Crippen molar-refractivity contribution in [1.82, 2.24) is 0 Å². The molecule has 0 aromatic heterocycles. The van der Waals surface area contributed by atoms with E-state index in [1.54, 1.807) is 42.5 Å². The van der Waals surface area contributed by atoms with Gasteiger partial charge in [-0.25, -0.2) is 8.42 Å². The Morgan fingerprint density at radius 3 is 2.24 bits per heavy atom. The number of nitrogens with one attached hydrogen (secondary N) is 2. The first-order valence-corrected chi connectivity index (χ1v) is 13.3. The van der Waals surface area contributed by atoms with E-state index in [4.69, 9.17) is 4.74 Å². The number of hydrogen-bond acceptors (Lipinski definition) is 4. The summed E-state index contributed by atoms with van der Waals surface area (Å²) < 4.78 is 34.5. The van der Waals surface area contributed by atoms with Gasteiger partial charge in [0.25, 0.3) is 15.9 Å². The average Bonchev–Trinajstić information content (AvgIpc) is 2.77. The van der Waals surface area contributed by atoms with Gasteiger partial charge in [-0.3, -0.25) is 9.52 Å². The van der Waals surface area contributed by atoms with Crippen LogP contribution >= 0.6 is 15.9 Å². The van der Waals surface area contributed by atoms with Crippen LogP contribution in [0.3, 0.4) is 0 Å². The molecule has 180 valence electrons. The van der Waals surface area contributed by atoms with E-state index in [0.717, 1.165) is 17.5 Å². The van der Waals surface area contributed by atoms with Crippen molar-refractivity contribution < 1.29 is 17.9 Å². The van der Waals surface area contributed by atoms with E-state index in [0.29, 0.717) is 39.7 Å². The third-order valence-corrected chi connectivity index (χ3v) is 7.35. The first-order chi connectivity index (χ1) is 16.0. The minimum atomic E-state index is -3.75. The third-order valence-electron chi connectivity index (χ3n) is 5.33. The molecule has 0 aliphatic carbocycles. The highest BCUT2D eigenvalue weighted by molar-refractivity contribution is 9.10. The molecule has 8 heteroatoms. The van der Waals surface area contributed by atoms with Crippen molar-refractivity contribution in [2.45, 2.75) is 39.0 Å². The highest BCUT2D eigenvalue weighted by Crippen LogP contribution is 2.27. The van der Waals surface area contributed by atoms with E-state index in [2.05, 4.69) is 39.8 Å². The largest absolute Gasteiger partial charge is 0.492 e. The molecule has 0 aliphatic heterocycles. The lowest BCUT2D eigenvalue weighted by Gasteiger charge is -2.12. The maximum absolute atomic E-state index is 12.7. The van der Waals surface area contributed by atoms with Crippen molar-refractivity contribution in [3.05, 3.63) is 81.8 Å². The number of aryl methyl sites for hydroxylation is 2. The number of benzene rings is 3. The maximum Gasteiger partial charge on any atom is 0.261 e. The summed E-state index contributed by atoms with van der Waals surface area (Å²) >= 11 is 3.46. The average molecular weight is 545 g/mol. The molecule has 2 N–H and O–H groups in total. The summed E-state index contributed by atoms with van der Waals surface area (Å²) in [5.74, 6) is 0.925. The molecular weight excluding hydrogens is 516 g/mol. The fourth-order valence-corrected chi connectivity index (χ4v) is 4.65. The first-order valence-electron chi connectivity index (χ1n) is 11.0. The first kappa shape index (κ1) is 25.8. The molecule has 6 nitrogen and oxygen atoms in total. The second-order valence-corrected chi connectivity index (χ2v) is 11.1. The Kier molecular flexibility index (Phi) is 8.38. The predicted molar refractivity (Wildman–Crippen MR) is 140 cm³/mol. The zero-order chi connectivity index (χ0) is 24.9. The Hall–Kier alpha value is -2.84. The molecule has 0 fully saturated rings. The summed E-state index contributed by atoms with van der Waals surface area (Å²) in [6.07, 6.45) is 0.945. The Morgan fingerprint density at radius 2 is 1.62 bits per heavy atom. The summed E-state index contributed by atoms with van der Waals surface area (Å²) in [4.78, 5) is 12.8. The van der Waals surface area contributed by atoms with Crippen LogP contribution in [0.15, 0.2) is 70.0 Å². The molecule has 0 spiro atoms. The van der Waals surface area contributed by atoms with Crippen molar-refractivity contribution >= 4 is 43.2 Å². The lowest BCUT2D eigenvalue weighted by molar-refractivity contribution is 0.102. The Labute approximate surface area is 209 Å². The fraction of sp³-hybridized carbons (Fsp3) is 0.269. The highest BCUT2D eigenvalue weighted by Gasteiger charge is 2.15. The summed E-state index contributed by atoms with van der Waals surface area (Å²) in [7, 11) is -3.75.